The molecule has 0 radical (unpaired) electrons. The first-order valence-electron chi connectivity index (χ1n) is 9.43. The summed E-state index contributed by atoms with van der Waals surface area (Å²) >= 11 is 0. The smallest absolute Gasteiger partial charge is 0.241 e. The summed E-state index contributed by atoms with van der Waals surface area (Å²) in [7, 11) is -3.81. The number of carbonyl (C=O) groups excluding carboxylic acids is 1. The summed E-state index contributed by atoms with van der Waals surface area (Å²) in [4.78, 5) is 14.6. The Morgan fingerprint density at radius 1 is 1.21 bits per heavy atom. The summed E-state index contributed by atoms with van der Waals surface area (Å²) in [5.41, 5.74) is 3.08. The average molecular weight is 403 g/mol. The van der Waals surface area contributed by atoms with Crippen LogP contribution in [0.25, 0.3) is 0 Å². The van der Waals surface area contributed by atoms with Crippen LogP contribution < -0.4 is 9.46 Å². The van der Waals surface area contributed by atoms with Crippen molar-refractivity contribution in [3.8, 4) is 5.75 Å². The average Bonchev–Trinajstić information content (AvgIpc) is 2.68. The van der Waals surface area contributed by atoms with Gasteiger partial charge in [0.2, 0.25) is 15.9 Å². The molecular weight excluding hydrogens is 376 g/mol. The largest absolute Gasteiger partial charge is 0.494 e. The van der Waals surface area contributed by atoms with E-state index in [1.54, 1.807) is 30.9 Å². The molecule has 150 valence electrons. The van der Waals surface area contributed by atoms with Crippen molar-refractivity contribution in [2.45, 2.75) is 44.7 Å². The number of aryl methyl sites for hydroxylation is 1. The Morgan fingerprint density at radius 2 is 1.93 bits per heavy atom. The van der Waals surface area contributed by atoms with Gasteiger partial charge >= 0.3 is 0 Å². The summed E-state index contributed by atoms with van der Waals surface area (Å²) in [6, 6.07) is 11.9. The molecule has 1 N–H and O–H groups in total. The fourth-order valence-corrected chi connectivity index (χ4v) is 4.70. The van der Waals surface area contributed by atoms with Gasteiger partial charge in [0, 0.05) is 13.1 Å². The summed E-state index contributed by atoms with van der Waals surface area (Å²) in [5, 5.41) is 0. The van der Waals surface area contributed by atoms with Gasteiger partial charge in [-0.25, -0.2) is 8.42 Å². The number of ether oxygens (including phenoxy) is 1. The van der Waals surface area contributed by atoms with Gasteiger partial charge in [-0.1, -0.05) is 24.3 Å². The highest BCUT2D eigenvalue weighted by atomic mass is 32.2. The number of rotatable bonds is 6. The Labute approximate surface area is 166 Å². The van der Waals surface area contributed by atoms with E-state index < -0.39 is 16.1 Å². The molecule has 28 heavy (non-hydrogen) atoms. The Balaban J connectivity index is 1.70. The highest BCUT2D eigenvalue weighted by Gasteiger charge is 2.28. The van der Waals surface area contributed by atoms with Gasteiger partial charge < -0.3 is 9.64 Å². The second kappa shape index (κ2) is 8.32. The van der Waals surface area contributed by atoms with Gasteiger partial charge in [0.25, 0.3) is 0 Å². The number of hydrogen-bond donors (Lipinski definition) is 1. The number of benzene rings is 2. The molecule has 0 aromatic heterocycles. The highest BCUT2D eigenvalue weighted by Crippen LogP contribution is 2.23. The van der Waals surface area contributed by atoms with Crippen LogP contribution in [-0.2, 0) is 27.8 Å². The van der Waals surface area contributed by atoms with E-state index >= 15 is 0 Å². The lowest BCUT2D eigenvalue weighted by Gasteiger charge is -2.31. The summed E-state index contributed by atoms with van der Waals surface area (Å²) in [6.45, 7) is 6.85. The lowest BCUT2D eigenvalue weighted by Crippen LogP contribution is -2.48. The number of nitrogens with zero attached hydrogens (tertiary/aromatic N) is 1. The molecule has 1 heterocycles. The number of sulfonamides is 1. The predicted molar refractivity (Wildman–Crippen MR) is 108 cm³/mol. The molecule has 0 bridgehead atoms. The van der Waals surface area contributed by atoms with Crippen molar-refractivity contribution >= 4 is 15.9 Å². The van der Waals surface area contributed by atoms with Crippen LogP contribution >= 0.6 is 0 Å². The number of nitrogens with one attached hydrogen (secondary N) is 1. The van der Waals surface area contributed by atoms with Crippen molar-refractivity contribution in [2.75, 3.05) is 13.2 Å². The van der Waals surface area contributed by atoms with E-state index in [2.05, 4.69) is 10.8 Å². The molecule has 0 spiro atoms. The van der Waals surface area contributed by atoms with Gasteiger partial charge in [-0.15, -0.1) is 0 Å². The monoisotopic (exact) mass is 402 g/mol. The molecule has 1 atom stereocenters. The Kier molecular flexibility index (Phi) is 6.05. The molecule has 0 saturated heterocycles. The van der Waals surface area contributed by atoms with Crippen molar-refractivity contribution in [3.05, 3.63) is 59.2 Å². The molecule has 1 aliphatic heterocycles. The molecule has 1 aliphatic rings. The predicted octanol–water partition coefficient (Wildman–Crippen LogP) is 2.65. The third kappa shape index (κ3) is 4.36. The fraction of sp³-hybridized carbons (Fsp3) is 0.381. The summed E-state index contributed by atoms with van der Waals surface area (Å²) < 4.78 is 33.4. The zero-order chi connectivity index (χ0) is 20.3. The Bertz CT molecular complexity index is 972. The van der Waals surface area contributed by atoms with Crippen molar-refractivity contribution in [3.63, 3.8) is 0 Å². The minimum Gasteiger partial charge on any atom is -0.494 e. The fourth-order valence-electron chi connectivity index (χ4n) is 3.42. The van der Waals surface area contributed by atoms with E-state index in [1.807, 2.05) is 25.1 Å². The zero-order valence-electron chi connectivity index (χ0n) is 16.4. The minimum atomic E-state index is -3.81. The SMILES string of the molecule is CCOc1ccc(S(=O)(=O)N[C@H](C)C(=O)N2CCc3ccccc3C2)cc1C. The minimum absolute atomic E-state index is 0.122. The molecule has 3 rings (SSSR count). The van der Waals surface area contributed by atoms with Crippen molar-refractivity contribution in [2.24, 2.45) is 0 Å². The van der Waals surface area contributed by atoms with Crippen LogP contribution in [0.15, 0.2) is 47.4 Å². The van der Waals surface area contributed by atoms with Gasteiger partial charge in [-0.05, 0) is 62.1 Å². The third-order valence-corrected chi connectivity index (χ3v) is 6.44. The van der Waals surface area contributed by atoms with Crippen LogP contribution in [0.5, 0.6) is 5.75 Å². The van der Waals surface area contributed by atoms with Crippen LogP contribution in [0.4, 0.5) is 0 Å². The van der Waals surface area contributed by atoms with Crippen LogP contribution in [0, 0.1) is 6.92 Å². The van der Waals surface area contributed by atoms with Crippen molar-refractivity contribution in [1.82, 2.24) is 9.62 Å². The number of amides is 1. The van der Waals surface area contributed by atoms with E-state index in [1.165, 1.54) is 11.6 Å². The van der Waals surface area contributed by atoms with Gasteiger partial charge in [0.1, 0.15) is 5.75 Å². The highest BCUT2D eigenvalue weighted by molar-refractivity contribution is 7.89. The lowest BCUT2D eigenvalue weighted by atomic mass is 9.99. The van der Waals surface area contributed by atoms with Crippen LogP contribution in [0.1, 0.15) is 30.5 Å². The van der Waals surface area contributed by atoms with E-state index in [-0.39, 0.29) is 10.8 Å². The van der Waals surface area contributed by atoms with Crippen LogP contribution in [0.2, 0.25) is 0 Å². The van der Waals surface area contributed by atoms with Gasteiger partial charge in [-0.3, -0.25) is 4.79 Å². The summed E-state index contributed by atoms with van der Waals surface area (Å²) in [6.07, 6.45) is 0.777. The first-order chi connectivity index (χ1) is 13.3. The van der Waals surface area contributed by atoms with E-state index in [4.69, 9.17) is 4.74 Å². The van der Waals surface area contributed by atoms with Crippen molar-refractivity contribution in [1.29, 1.82) is 0 Å². The zero-order valence-corrected chi connectivity index (χ0v) is 17.3. The molecule has 2 aromatic carbocycles. The quantitative estimate of drug-likeness (QED) is 0.806. The molecule has 6 nitrogen and oxygen atoms in total. The van der Waals surface area contributed by atoms with E-state index in [9.17, 15) is 13.2 Å². The number of fused-ring (bicyclic) bond motifs is 1. The van der Waals surface area contributed by atoms with Crippen LogP contribution in [0.3, 0.4) is 0 Å². The molecule has 7 heteroatoms. The number of carbonyl (C=O) groups is 1. The molecular formula is C21H26N2O4S. The molecule has 0 fully saturated rings. The maximum Gasteiger partial charge on any atom is 0.241 e. The lowest BCUT2D eigenvalue weighted by molar-refractivity contribution is -0.133. The first-order valence-corrected chi connectivity index (χ1v) is 10.9. The Hall–Kier alpha value is -2.38. The maximum absolute atomic E-state index is 12.8. The summed E-state index contributed by atoms with van der Waals surface area (Å²) in [5.74, 6) is 0.429. The second-order valence-electron chi connectivity index (χ2n) is 6.98. The molecule has 1 amide bonds. The molecule has 0 unspecified atom stereocenters. The maximum atomic E-state index is 12.8. The second-order valence-corrected chi connectivity index (χ2v) is 8.70. The van der Waals surface area contributed by atoms with E-state index in [0.29, 0.717) is 25.4 Å². The molecule has 0 aliphatic carbocycles. The van der Waals surface area contributed by atoms with Crippen molar-refractivity contribution < 1.29 is 17.9 Å². The Morgan fingerprint density at radius 3 is 2.61 bits per heavy atom. The van der Waals surface area contributed by atoms with E-state index in [0.717, 1.165) is 17.5 Å². The van der Waals surface area contributed by atoms with Gasteiger partial charge in [-0.2, -0.15) is 4.72 Å². The van der Waals surface area contributed by atoms with Gasteiger partial charge in [0.15, 0.2) is 0 Å². The molecule has 2 aromatic rings. The van der Waals surface area contributed by atoms with Crippen LogP contribution in [-0.4, -0.2) is 38.4 Å². The third-order valence-electron chi connectivity index (χ3n) is 4.90. The normalized spacial score (nSPS) is 15.0. The topological polar surface area (TPSA) is 75.7 Å². The molecule has 0 saturated carbocycles. The number of hydrogen-bond acceptors (Lipinski definition) is 4. The first kappa shape index (κ1) is 20.4. The standard InChI is InChI=1S/C21H26N2O4S/c1-4-27-20-10-9-19(13-15(20)2)28(25,26)22-16(3)21(24)23-12-11-17-7-5-6-8-18(17)14-23/h5-10,13,16,22H,4,11-12,14H2,1-3H3/t16-/m1/s1. The van der Waals surface area contributed by atoms with Gasteiger partial charge in [0.05, 0.1) is 17.5 Å².